The number of hydrogen-bond donors (Lipinski definition) is 0. The van der Waals surface area contributed by atoms with E-state index in [1.807, 2.05) is 0 Å². The van der Waals surface area contributed by atoms with Crippen LogP contribution in [0.5, 0.6) is 5.75 Å². The summed E-state index contributed by atoms with van der Waals surface area (Å²) in [6.45, 7) is 1.93. The topological polar surface area (TPSA) is 48.4 Å². The fourth-order valence-corrected chi connectivity index (χ4v) is 2.30. The van der Waals surface area contributed by atoms with Crippen molar-refractivity contribution in [2.24, 2.45) is 0 Å². The Labute approximate surface area is 122 Å². The minimum Gasteiger partial charge on any atom is -0.461 e. The van der Waals surface area contributed by atoms with Gasteiger partial charge in [-0.25, -0.2) is 9.78 Å². The number of rotatable bonds is 4. The van der Waals surface area contributed by atoms with Gasteiger partial charge in [0, 0.05) is 10.9 Å². The molecular weight excluding hydrogens is 307 g/mol. The SMILES string of the molecule is CCOC(=O)c1csc(-c2ccc(OC(F)(F)F)cc2)n1. The Bertz CT molecular complexity index is 622. The van der Waals surface area contributed by atoms with Gasteiger partial charge in [0.25, 0.3) is 0 Å². The van der Waals surface area contributed by atoms with Crippen molar-refractivity contribution < 1.29 is 27.4 Å². The Hall–Kier alpha value is -2.09. The van der Waals surface area contributed by atoms with Crippen LogP contribution in [0.4, 0.5) is 13.2 Å². The Morgan fingerprint density at radius 2 is 1.95 bits per heavy atom. The molecule has 8 heteroatoms. The van der Waals surface area contributed by atoms with E-state index in [0.29, 0.717) is 10.6 Å². The summed E-state index contributed by atoms with van der Waals surface area (Å²) in [7, 11) is 0. The van der Waals surface area contributed by atoms with Crippen LogP contribution in [0.2, 0.25) is 0 Å². The first kappa shape index (κ1) is 15.3. The summed E-state index contributed by atoms with van der Waals surface area (Å²) in [4.78, 5) is 15.6. The Morgan fingerprint density at radius 3 is 2.52 bits per heavy atom. The zero-order valence-corrected chi connectivity index (χ0v) is 11.6. The summed E-state index contributed by atoms with van der Waals surface area (Å²) in [6.07, 6.45) is -4.72. The van der Waals surface area contributed by atoms with Crippen molar-refractivity contribution in [3.05, 3.63) is 35.3 Å². The van der Waals surface area contributed by atoms with Gasteiger partial charge in [0.2, 0.25) is 0 Å². The van der Waals surface area contributed by atoms with Crippen molar-refractivity contribution in [1.29, 1.82) is 0 Å². The normalized spacial score (nSPS) is 11.2. The first-order valence-electron chi connectivity index (χ1n) is 5.88. The second kappa shape index (κ2) is 6.13. The van der Waals surface area contributed by atoms with Crippen LogP contribution in [0.3, 0.4) is 0 Å². The van der Waals surface area contributed by atoms with E-state index in [1.165, 1.54) is 41.0 Å². The molecule has 4 nitrogen and oxygen atoms in total. The number of aromatic nitrogens is 1. The molecule has 1 aromatic heterocycles. The summed E-state index contributed by atoms with van der Waals surface area (Å²) >= 11 is 1.20. The van der Waals surface area contributed by atoms with E-state index in [1.54, 1.807) is 6.92 Å². The first-order valence-corrected chi connectivity index (χ1v) is 6.76. The molecule has 2 aromatic rings. The van der Waals surface area contributed by atoms with E-state index in [2.05, 4.69) is 9.72 Å². The van der Waals surface area contributed by atoms with Gasteiger partial charge in [0.1, 0.15) is 10.8 Å². The first-order chi connectivity index (χ1) is 9.89. The lowest BCUT2D eigenvalue weighted by atomic mass is 10.2. The number of alkyl halides is 3. The third-order valence-corrected chi connectivity index (χ3v) is 3.21. The molecule has 0 N–H and O–H groups in total. The molecule has 0 aliphatic heterocycles. The van der Waals surface area contributed by atoms with E-state index in [4.69, 9.17) is 4.74 Å². The fraction of sp³-hybridized carbons (Fsp3) is 0.231. The van der Waals surface area contributed by atoms with E-state index in [0.717, 1.165) is 0 Å². The summed E-state index contributed by atoms with van der Waals surface area (Å²) in [6, 6.07) is 5.26. The number of hydrogen-bond acceptors (Lipinski definition) is 5. The number of nitrogens with zero attached hydrogens (tertiary/aromatic N) is 1. The van der Waals surface area contributed by atoms with Crippen LogP contribution in [0.25, 0.3) is 10.6 Å². The standard InChI is InChI=1S/C13H10F3NO3S/c1-2-19-12(18)10-7-21-11(17-10)8-3-5-9(6-4-8)20-13(14,15)16/h3-7H,2H2,1H3. The molecule has 0 amide bonds. The lowest BCUT2D eigenvalue weighted by Crippen LogP contribution is -2.16. The molecule has 0 saturated carbocycles. The van der Waals surface area contributed by atoms with Crippen molar-refractivity contribution in [3.8, 4) is 16.3 Å². The van der Waals surface area contributed by atoms with Crippen LogP contribution in [0.1, 0.15) is 17.4 Å². The number of ether oxygens (including phenoxy) is 2. The van der Waals surface area contributed by atoms with Crippen LogP contribution >= 0.6 is 11.3 Å². The van der Waals surface area contributed by atoms with Gasteiger partial charge in [-0.3, -0.25) is 0 Å². The average molecular weight is 317 g/mol. The van der Waals surface area contributed by atoms with Gasteiger partial charge in [-0.1, -0.05) is 0 Å². The quantitative estimate of drug-likeness (QED) is 0.803. The Morgan fingerprint density at radius 1 is 1.29 bits per heavy atom. The summed E-state index contributed by atoms with van der Waals surface area (Å²) < 4.78 is 44.7. The zero-order chi connectivity index (χ0) is 15.5. The molecule has 0 radical (unpaired) electrons. The summed E-state index contributed by atoms with van der Waals surface area (Å²) in [5.41, 5.74) is 0.762. The van der Waals surface area contributed by atoms with Crippen molar-refractivity contribution in [3.63, 3.8) is 0 Å². The lowest BCUT2D eigenvalue weighted by molar-refractivity contribution is -0.274. The Balaban J connectivity index is 2.14. The van der Waals surface area contributed by atoms with Crippen LogP contribution in [-0.2, 0) is 4.74 Å². The molecule has 0 bridgehead atoms. The van der Waals surface area contributed by atoms with Crippen molar-refractivity contribution in [2.75, 3.05) is 6.61 Å². The van der Waals surface area contributed by atoms with Gasteiger partial charge >= 0.3 is 12.3 Å². The Kier molecular flexibility index (Phi) is 4.46. The molecule has 0 aliphatic carbocycles. The maximum Gasteiger partial charge on any atom is 0.573 e. The van der Waals surface area contributed by atoms with Gasteiger partial charge in [0.15, 0.2) is 5.69 Å². The number of halogens is 3. The van der Waals surface area contributed by atoms with Crippen LogP contribution in [-0.4, -0.2) is 23.9 Å². The minimum atomic E-state index is -4.72. The van der Waals surface area contributed by atoms with Crippen molar-refractivity contribution in [2.45, 2.75) is 13.3 Å². The molecule has 21 heavy (non-hydrogen) atoms. The highest BCUT2D eigenvalue weighted by molar-refractivity contribution is 7.13. The predicted octanol–water partition coefficient (Wildman–Crippen LogP) is 3.89. The summed E-state index contributed by atoms with van der Waals surface area (Å²) in [5, 5.41) is 2.05. The second-order valence-electron chi connectivity index (χ2n) is 3.83. The molecule has 0 fully saturated rings. The molecule has 0 unspecified atom stereocenters. The molecule has 1 aromatic carbocycles. The molecular formula is C13H10F3NO3S. The van der Waals surface area contributed by atoms with Gasteiger partial charge < -0.3 is 9.47 Å². The lowest BCUT2D eigenvalue weighted by Gasteiger charge is -2.08. The van der Waals surface area contributed by atoms with Gasteiger partial charge in [-0.05, 0) is 31.2 Å². The number of esters is 1. The van der Waals surface area contributed by atoms with Crippen LogP contribution in [0, 0.1) is 0 Å². The molecule has 0 saturated heterocycles. The zero-order valence-electron chi connectivity index (χ0n) is 10.8. The molecule has 0 atom stereocenters. The third-order valence-electron chi connectivity index (χ3n) is 2.32. The van der Waals surface area contributed by atoms with E-state index < -0.39 is 12.3 Å². The van der Waals surface area contributed by atoms with E-state index in [-0.39, 0.29) is 18.1 Å². The molecule has 2 rings (SSSR count). The highest BCUT2D eigenvalue weighted by Gasteiger charge is 2.31. The largest absolute Gasteiger partial charge is 0.573 e. The second-order valence-corrected chi connectivity index (χ2v) is 4.69. The fourth-order valence-electron chi connectivity index (χ4n) is 1.50. The molecule has 0 spiro atoms. The van der Waals surface area contributed by atoms with E-state index in [9.17, 15) is 18.0 Å². The monoisotopic (exact) mass is 317 g/mol. The smallest absolute Gasteiger partial charge is 0.461 e. The minimum absolute atomic E-state index is 0.174. The van der Waals surface area contributed by atoms with Gasteiger partial charge in [-0.2, -0.15) is 0 Å². The molecule has 1 heterocycles. The number of carbonyl (C=O) groups is 1. The van der Waals surface area contributed by atoms with Crippen molar-refractivity contribution in [1.82, 2.24) is 4.98 Å². The van der Waals surface area contributed by atoms with Gasteiger partial charge in [0.05, 0.1) is 6.61 Å². The number of thiazole rings is 1. The van der Waals surface area contributed by atoms with Crippen molar-refractivity contribution >= 4 is 17.3 Å². The maximum absolute atomic E-state index is 12.0. The third kappa shape index (κ3) is 4.19. The number of benzene rings is 1. The predicted molar refractivity (Wildman–Crippen MR) is 70.2 cm³/mol. The highest BCUT2D eigenvalue weighted by atomic mass is 32.1. The maximum atomic E-state index is 12.0. The van der Waals surface area contributed by atoms with Crippen LogP contribution < -0.4 is 4.74 Å². The average Bonchev–Trinajstić information content (AvgIpc) is 2.87. The number of carbonyl (C=O) groups excluding carboxylic acids is 1. The summed E-state index contributed by atoms with van der Waals surface area (Å²) in [5.74, 6) is -0.842. The highest BCUT2D eigenvalue weighted by Crippen LogP contribution is 2.28. The van der Waals surface area contributed by atoms with Crippen LogP contribution in [0.15, 0.2) is 29.6 Å². The molecule has 0 aliphatic rings. The van der Waals surface area contributed by atoms with E-state index >= 15 is 0 Å². The molecule has 112 valence electrons. The van der Waals surface area contributed by atoms with Gasteiger partial charge in [-0.15, -0.1) is 24.5 Å².